The fraction of sp³-hybridized carbons (Fsp3) is 0.923. The van der Waals surface area contributed by atoms with Crippen LogP contribution in [0, 0.1) is 0 Å². The molecule has 0 aromatic rings. The average Bonchev–Trinajstić information content (AvgIpc) is 2.23. The molecular weight excluding hydrogens is 216 g/mol. The zero-order chi connectivity index (χ0) is 13.5. The second kappa shape index (κ2) is 7.67. The Morgan fingerprint density at radius 3 is 2.29 bits per heavy atom. The van der Waals surface area contributed by atoms with Gasteiger partial charge in [-0.15, -0.1) is 0 Å². The van der Waals surface area contributed by atoms with Crippen molar-refractivity contribution in [2.45, 2.75) is 59.1 Å². The van der Waals surface area contributed by atoms with Crippen LogP contribution in [-0.4, -0.2) is 47.2 Å². The van der Waals surface area contributed by atoms with Crippen molar-refractivity contribution < 1.29 is 9.90 Å². The molecule has 1 unspecified atom stereocenters. The highest BCUT2D eigenvalue weighted by atomic mass is 16.3. The molecule has 0 saturated carbocycles. The van der Waals surface area contributed by atoms with Gasteiger partial charge in [-0.05, 0) is 53.2 Å². The maximum atomic E-state index is 11.5. The van der Waals surface area contributed by atoms with Gasteiger partial charge in [0.15, 0.2) is 0 Å². The predicted octanol–water partition coefficient (Wildman–Crippen LogP) is 1.38. The van der Waals surface area contributed by atoms with Crippen molar-refractivity contribution in [1.29, 1.82) is 0 Å². The molecular formula is C13H28N2O2. The Morgan fingerprint density at radius 2 is 1.88 bits per heavy atom. The van der Waals surface area contributed by atoms with Gasteiger partial charge < -0.3 is 15.3 Å². The van der Waals surface area contributed by atoms with Crippen LogP contribution in [0.1, 0.15) is 47.5 Å². The highest BCUT2D eigenvalue weighted by molar-refractivity contribution is 5.84. The van der Waals surface area contributed by atoms with Crippen molar-refractivity contribution in [1.82, 2.24) is 10.2 Å². The van der Waals surface area contributed by atoms with Crippen LogP contribution in [0.4, 0.5) is 0 Å². The second-order valence-electron chi connectivity index (χ2n) is 5.10. The quantitative estimate of drug-likeness (QED) is 0.678. The molecule has 0 aliphatic heterocycles. The number of carbonyl (C=O) groups is 1. The summed E-state index contributed by atoms with van der Waals surface area (Å²) in [5, 5.41) is 12.3. The Morgan fingerprint density at radius 1 is 1.35 bits per heavy atom. The number of aliphatic hydroxyl groups is 1. The molecule has 0 saturated heterocycles. The van der Waals surface area contributed by atoms with Crippen LogP contribution >= 0.6 is 0 Å². The van der Waals surface area contributed by atoms with E-state index in [9.17, 15) is 9.90 Å². The van der Waals surface area contributed by atoms with Crippen molar-refractivity contribution in [3.63, 3.8) is 0 Å². The molecule has 0 rings (SSSR count). The zero-order valence-electron chi connectivity index (χ0n) is 11.9. The molecule has 1 atom stereocenters. The summed E-state index contributed by atoms with van der Waals surface area (Å²) in [7, 11) is 0. The van der Waals surface area contributed by atoms with Crippen molar-refractivity contribution >= 4 is 5.91 Å². The van der Waals surface area contributed by atoms with E-state index in [1.165, 1.54) is 13.8 Å². The van der Waals surface area contributed by atoms with Crippen LogP contribution < -0.4 is 5.32 Å². The van der Waals surface area contributed by atoms with Gasteiger partial charge in [0.05, 0.1) is 0 Å². The molecule has 0 aromatic heterocycles. The number of nitrogens with one attached hydrogen (secondary N) is 1. The van der Waals surface area contributed by atoms with Crippen LogP contribution in [0.2, 0.25) is 0 Å². The summed E-state index contributed by atoms with van der Waals surface area (Å²) >= 11 is 0. The Kier molecular flexibility index (Phi) is 7.39. The van der Waals surface area contributed by atoms with Crippen molar-refractivity contribution in [2.24, 2.45) is 0 Å². The van der Waals surface area contributed by atoms with Gasteiger partial charge in [-0.2, -0.15) is 0 Å². The fourth-order valence-electron chi connectivity index (χ4n) is 1.63. The van der Waals surface area contributed by atoms with E-state index < -0.39 is 5.60 Å². The molecule has 0 aliphatic rings. The molecule has 0 aliphatic carbocycles. The zero-order valence-corrected chi connectivity index (χ0v) is 11.9. The van der Waals surface area contributed by atoms with E-state index in [0.717, 1.165) is 32.5 Å². The van der Waals surface area contributed by atoms with Gasteiger partial charge in [0.25, 0.3) is 5.91 Å². The molecule has 2 N–H and O–H groups in total. The fourth-order valence-corrected chi connectivity index (χ4v) is 1.63. The number of hydrogen-bond acceptors (Lipinski definition) is 3. The first-order chi connectivity index (χ1) is 7.81. The van der Waals surface area contributed by atoms with Crippen molar-refractivity contribution in [2.75, 3.05) is 19.6 Å². The van der Waals surface area contributed by atoms with E-state index >= 15 is 0 Å². The summed E-state index contributed by atoms with van der Waals surface area (Å²) in [6.45, 7) is 12.5. The summed E-state index contributed by atoms with van der Waals surface area (Å²) in [5.74, 6) is -0.298. The highest BCUT2D eigenvalue weighted by Crippen LogP contribution is 2.04. The Labute approximate surface area is 105 Å². The molecule has 102 valence electrons. The number of amides is 1. The predicted molar refractivity (Wildman–Crippen MR) is 70.9 cm³/mol. The third-order valence-electron chi connectivity index (χ3n) is 2.94. The van der Waals surface area contributed by atoms with Crippen LogP contribution in [0.3, 0.4) is 0 Å². The maximum absolute atomic E-state index is 11.5. The van der Waals surface area contributed by atoms with Crippen LogP contribution in [0.15, 0.2) is 0 Å². The maximum Gasteiger partial charge on any atom is 0.251 e. The molecule has 17 heavy (non-hydrogen) atoms. The first-order valence-corrected chi connectivity index (χ1v) is 6.56. The van der Waals surface area contributed by atoms with Crippen LogP contribution in [-0.2, 0) is 4.79 Å². The molecule has 0 heterocycles. The van der Waals surface area contributed by atoms with E-state index in [4.69, 9.17) is 0 Å². The van der Waals surface area contributed by atoms with E-state index in [1.54, 1.807) is 0 Å². The van der Waals surface area contributed by atoms with Gasteiger partial charge >= 0.3 is 0 Å². The normalized spacial score (nSPS) is 13.8. The van der Waals surface area contributed by atoms with Crippen LogP contribution in [0.25, 0.3) is 0 Å². The topological polar surface area (TPSA) is 52.6 Å². The van der Waals surface area contributed by atoms with Gasteiger partial charge in [-0.25, -0.2) is 0 Å². The number of carbonyl (C=O) groups excluding carboxylic acids is 1. The van der Waals surface area contributed by atoms with E-state index in [-0.39, 0.29) is 11.9 Å². The summed E-state index contributed by atoms with van der Waals surface area (Å²) in [6, 6.07) is 0.115. The number of nitrogens with zero attached hydrogens (tertiary/aromatic N) is 1. The molecule has 0 fully saturated rings. The summed E-state index contributed by atoms with van der Waals surface area (Å²) < 4.78 is 0. The lowest BCUT2D eigenvalue weighted by Gasteiger charge is -2.22. The lowest BCUT2D eigenvalue weighted by atomic mass is 10.1. The third kappa shape index (κ3) is 7.34. The lowest BCUT2D eigenvalue weighted by Crippen LogP contribution is -2.45. The minimum atomic E-state index is -1.28. The molecule has 0 aromatic carbocycles. The van der Waals surface area contributed by atoms with Gasteiger partial charge in [0.2, 0.25) is 0 Å². The minimum absolute atomic E-state index is 0.115. The summed E-state index contributed by atoms with van der Waals surface area (Å²) in [4.78, 5) is 13.9. The molecule has 0 spiro atoms. The van der Waals surface area contributed by atoms with Crippen molar-refractivity contribution in [3.8, 4) is 0 Å². The Bertz CT molecular complexity index is 220. The largest absolute Gasteiger partial charge is 0.381 e. The molecule has 0 bridgehead atoms. The van der Waals surface area contributed by atoms with Gasteiger partial charge in [0, 0.05) is 6.04 Å². The standard InChI is InChI=1S/C13H28N2O2/c1-6-15(7-2)10-8-9-11(3)14-12(16)13(4,5)17/h11,17H,6-10H2,1-5H3,(H,14,16). The molecule has 4 nitrogen and oxygen atoms in total. The lowest BCUT2D eigenvalue weighted by molar-refractivity contribution is -0.137. The Balaban J connectivity index is 3.80. The number of rotatable bonds is 8. The van der Waals surface area contributed by atoms with Gasteiger partial charge in [-0.1, -0.05) is 13.8 Å². The van der Waals surface area contributed by atoms with E-state index in [0.29, 0.717) is 0 Å². The monoisotopic (exact) mass is 244 g/mol. The Hall–Kier alpha value is -0.610. The summed E-state index contributed by atoms with van der Waals surface area (Å²) in [5.41, 5.74) is -1.28. The first-order valence-electron chi connectivity index (χ1n) is 6.56. The average molecular weight is 244 g/mol. The van der Waals surface area contributed by atoms with Crippen molar-refractivity contribution in [3.05, 3.63) is 0 Å². The molecule has 0 radical (unpaired) electrons. The highest BCUT2D eigenvalue weighted by Gasteiger charge is 2.24. The van der Waals surface area contributed by atoms with Crippen LogP contribution in [0.5, 0.6) is 0 Å². The molecule has 1 amide bonds. The summed E-state index contributed by atoms with van der Waals surface area (Å²) in [6.07, 6.45) is 2.01. The molecule has 4 heteroatoms. The van der Waals surface area contributed by atoms with E-state index in [1.807, 2.05) is 6.92 Å². The van der Waals surface area contributed by atoms with E-state index in [2.05, 4.69) is 24.1 Å². The second-order valence-corrected chi connectivity index (χ2v) is 5.10. The smallest absolute Gasteiger partial charge is 0.251 e. The minimum Gasteiger partial charge on any atom is -0.381 e. The first kappa shape index (κ1) is 16.4. The SMILES string of the molecule is CCN(CC)CCCC(C)NC(=O)C(C)(C)O. The van der Waals surface area contributed by atoms with Gasteiger partial charge in [0.1, 0.15) is 5.60 Å². The van der Waals surface area contributed by atoms with Gasteiger partial charge in [-0.3, -0.25) is 4.79 Å². The third-order valence-corrected chi connectivity index (χ3v) is 2.94. The number of hydrogen-bond donors (Lipinski definition) is 2.